The maximum Gasteiger partial charge on any atom is 0.124 e. The van der Waals surface area contributed by atoms with Crippen LogP contribution in [0.5, 0.6) is 0 Å². The second-order valence-electron chi connectivity index (χ2n) is 4.72. The van der Waals surface area contributed by atoms with Crippen LogP contribution in [0.4, 0.5) is 10.1 Å². The summed E-state index contributed by atoms with van der Waals surface area (Å²) in [6.07, 6.45) is 2.41. The van der Waals surface area contributed by atoms with Crippen molar-refractivity contribution in [2.24, 2.45) is 11.7 Å². The molecule has 17 heavy (non-hydrogen) atoms. The van der Waals surface area contributed by atoms with E-state index in [-0.39, 0.29) is 10.8 Å². The molecular formula is C13H17FN2S. The average molecular weight is 252 g/mol. The van der Waals surface area contributed by atoms with Gasteiger partial charge in [0.15, 0.2) is 0 Å². The van der Waals surface area contributed by atoms with Crippen molar-refractivity contribution in [2.75, 3.05) is 18.0 Å². The van der Waals surface area contributed by atoms with Crippen molar-refractivity contribution in [3.63, 3.8) is 0 Å². The smallest absolute Gasteiger partial charge is 0.124 e. The molecule has 1 aromatic carbocycles. The van der Waals surface area contributed by atoms with Gasteiger partial charge < -0.3 is 10.6 Å². The molecule has 0 bridgehead atoms. The van der Waals surface area contributed by atoms with Gasteiger partial charge >= 0.3 is 0 Å². The Kier molecular flexibility index (Phi) is 3.62. The second kappa shape index (κ2) is 5.00. The first-order chi connectivity index (χ1) is 8.08. The van der Waals surface area contributed by atoms with E-state index in [9.17, 15) is 4.39 Å². The third-order valence-electron chi connectivity index (χ3n) is 3.22. The summed E-state index contributed by atoms with van der Waals surface area (Å²) >= 11 is 4.99. The standard InChI is InChI=1S/C13H17FN2S/c1-9-3-2-6-16(8-9)12-5-4-10(14)7-11(12)13(15)17/h4-5,7,9H,2-3,6,8H2,1H3,(H2,15,17). The molecule has 1 unspecified atom stereocenters. The van der Waals surface area contributed by atoms with E-state index in [1.807, 2.05) is 0 Å². The summed E-state index contributed by atoms with van der Waals surface area (Å²) in [5.74, 6) is 0.370. The van der Waals surface area contributed by atoms with Gasteiger partial charge in [0.05, 0.1) is 0 Å². The van der Waals surface area contributed by atoms with Gasteiger partial charge in [-0.2, -0.15) is 0 Å². The highest BCUT2D eigenvalue weighted by molar-refractivity contribution is 7.80. The third kappa shape index (κ3) is 2.75. The van der Waals surface area contributed by atoms with Crippen molar-refractivity contribution in [1.29, 1.82) is 0 Å². The van der Waals surface area contributed by atoms with Gasteiger partial charge in [-0.25, -0.2) is 4.39 Å². The zero-order valence-corrected chi connectivity index (χ0v) is 10.8. The number of nitrogens with zero attached hydrogens (tertiary/aromatic N) is 1. The van der Waals surface area contributed by atoms with Crippen molar-refractivity contribution in [3.8, 4) is 0 Å². The van der Waals surface area contributed by atoms with Crippen molar-refractivity contribution in [2.45, 2.75) is 19.8 Å². The van der Waals surface area contributed by atoms with Crippen molar-refractivity contribution >= 4 is 22.9 Å². The van der Waals surface area contributed by atoms with Crippen LogP contribution in [0.2, 0.25) is 0 Å². The highest BCUT2D eigenvalue weighted by Gasteiger charge is 2.19. The number of halogens is 1. The van der Waals surface area contributed by atoms with Crippen molar-refractivity contribution < 1.29 is 4.39 Å². The van der Waals surface area contributed by atoms with E-state index < -0.39 is 0 Å². The zero-order chi connectivity index (χ0) is 12.4. The summed E-state index contributed by atoms with van der Waals surface area (Å²) in [7, 11) is 0. The van der Waals surface area contributed by atoms with Crippen molar-refractivity contribution in [3.05, 3.63) is 29.6 Å². The van der Waals surface area contributed by atoms with Gasteiger partial charge in [0.2, 0.25) is 0 Å². The lowest BCUT2D eigenvalue weighted by molar-refractivity contribution is 0.446. The summed E-state index contributed by atoms with van der Waals surface area (Å²) < 4.78 is 13.2. The van der Waals surface area contributed by atoms with Gasteiger partial charge in [-0.05, 0) is 37.0 Å². The lowest BCUT2D eigenvalue weighted by Crippen LogP contribution is -2.35. The number of thiocarbonyl (C=S) groups is 1. The molecule has 92 valence electrons. The van der Waals surface area contributed by atoms with Crippen LogP contribution in [0.15, 0.2) is 18.2 Å². The van der Waals surface area contributed by atoms with E-state index >= 15 is 0 Å². The number of hydrogen-bond acceptors (Lipinski definition) is 2. The quantitative estimate of drug-likeness (QED) is 0.821. The van der Waals surface area contributed by atoms with Gasteiger partial charge in [0, 0.05) is 24.3 Å². The molecule has 1 aliphatic rings. The number of hydrogen-bond donors (Lipinski definition) is 1. The molecule has 0 saturated carbocycles. The van der Waals surface area contributed by atoms with E-state index in [0.717, 1.165) is 25.2 Å². The first kappa shape index (κ1) is 12.3. The largest absolute Gasteiger partial charge is 0.389 e. The molecule has 0 aromatic heterocycles. The molecule has 1 heterocycles. The molecule has 0 radical (unpaired) electrons. The summed E-state index contributed by atoms with van der Waals surface area (Å²) in [4.78, 5) is 2.51. The minimum absolute atomic E-state index is 0.262. The number of benzene rings is 1. The van der Waals surface area contributed by atoms with Crippen LogP contribution in [0, 0.1) is 11.7 Å². The molecule has 0 amide bonds. The van der Waals surface area contributed by atoms with Crippen LogP contribution < -0.4 is 10.6 Å². The average Bonchev–Trinajstić information content (AvgIpc) is 2.28. The zero-order valence-electron chi connectivity index (χ0n) is 9.95. The Morgan fingerprint density at radius 3 is 2.94 bits per heavy atom. The molecule has 2 nitrogen and oxygen atoms in total. The third-order valence-corrected chi connectivity index (χ3v) is 3.44. The van der Waals surface area contributed by atoms with Gasteiger partial charge in [-0.3, -0.25) is 0 Å². The summed E-state index contributed by atoms with van der Waals surface area (Å²) in [6.45, 7) is 4.21. The SMILES string of the molecule is CC1CCCN(c2ccc(F)cc2C(N)=S)C1. The molecule has 4 heteroatoms. The Morgan fingerprint density at radius 2 is 2.29 bits per heavy atom. The summed E-state index contributed by atoms with van der Waals surface area (Å²) in [5, 5.41) is 0. The fraction of sp³-hybridized carbons (Fsp3) is 0.462. The monoisotopic (exact) mass is 252 g/mol. The van der Waals surface area contributed by atoms with Crippen LogP contribution in [0.1, 0.15) is 25.3 Å². The molecular weight excluding hydrogens is 235 g/mol. The van der Waals surface area contributed by atoms with Crippen LogP contribution >= 0.6 is 12.2 Å². The first-order valence-electron chi connectivity index (χ1n) is 5.92. The maximum atomic E-state index is 13.2. The lowest BCUT2D eigenvalue weighted by atomic mass is 9.99. The maximum absolute atomic E-state index is 13.2. The Hall–Kier alpha value is -1.16. The number of anilines is 1. The minimum Gasteiger partial charge on any atom is -0.389 e. The molecule has 0 spiro atoms. The normalized spacial score (nSPS) is 20.4. The fourth-order valence-corrected chi connectivity index (χ4v) is 2.55. The van der Waals surface area contributed by atoms with Gasteiger partial charge in [0.25, 0.3) is 0 Å². The molecule has 1 saturated heterocycles. The summed E-state index contributed by atoms with van der Waals surface area (Å²) in [6, 6.07) is 4.68. The van der Waals surface area contributed by atoms with E-state index in [4.69, 9.17) is 18.0 Å². The molecule has 1 fully saturated rings. The number of rotatable bonds is 2. The van der Waals surface area contributed by atoms with E-state index in [0.29, 0.717) is 11.5 Å². The Bertz CT molecular complexity index is 433. The molecule has 1 atom stereocenters. The van der Waals surface area contributed by atoms with Crippen molar-refractivity contribution in [1.82, 2.24) is 0 Å². The van der Waals surface area contributed by atoms with Gasteiger partial charge in [-0.1, -0.05) is 19.1 Å². The summed E-state index contributed by atoms with van der Waals surface area (Å²) in [5.41, 5.74) is 7.27. The van der Waals surface area contributed by atoms with E-state index in [2.05, 4.69) is 11.8 Å². The van der Waals surface area contributed by atoms with Crippen LogP contribution in [0.3, 0.4) is 0 Å². The Morgan fingerprint density at radius 1 is 1.53 bits per heavy atom. The first-order valence-corrected chi connectivity index (χ1v) is 6.33. The molecule has 2 rings (SSSR count). The van der Waals surface area contributed by atoms with E-state index in [1.54, 1.807) is 6.07 Å². The fourth-order valence-electron chi connectivity index (χ4n) is 2.39. The highest BCUT2D eigenvalue weighted by atomic mass is 32.1. The van der Waals surface area contributed by atoms with E-state index in [1.165, 1.54) is 18.6 Å². The number of piperidine rings is 1. The minimum atomic E-state index is -0.290. The lowest BCUT2D eigenvalue weighted by Gasteiger charge is -2.34. The molecule has 1 aromatic rings. The Balaban J connectivity index is 2.33. The van der Waals surface area contributed by atoms with Crippen LogP contribution in [-0.4, -0.2) is 18.1 Å². The molecule has 1 aliphatic heterocycles. The van der Waals surface area contributed by atoms with Crippen LogP contribution in [-0.2, 0) is 0 Å². The number of nitrogens with two attached hydrogens (primary N) is 1. The molecule has 2 N–H and O–H groups in total. The van der Waals surface area contributed by atoms with Gasteiger partial charge in [0.1, 0.15) is 10.8 Å². The van der Waals surface area contributed by atoms with Crippen LogP contribution in [0.25, 0.3) is 0 Å². The predicted molar refractivity (Wildman–Crippen MR) is 72.9 cm³/mol. The highest BCUT2D eigenvalue weighted by Crippen LogP contribution is 2.26. The predicted octanol–water partition coefficient (Wildman–Crippen LogP) is 2.70. The second-order valence-corrected chi connectivity index (χ2v) is 5.16. The van der Waals surface area contributed by atoms with Gasteiger partial charge in [-0.15, -0.1) is 0 Å². The Labute approximate surface area is 107 Å². The molecule has 0 aliphatic carbocycles. The topological polar surface area (TPSA) is 29.3 Å².